The summed E-state index contributed by atoms with van der Waals surface area (Å²) in [5.74, 6) is -0.378. The van der Waals surface area contributed by atoms with Crippen molar-refractivity contribution in [3.63, 3.8) is 0 Å². The van der Waals surface area contributed by atoms with E-state index < -0.39 is 18.3 Å². The van der Waals surface area contributed by atoms with Crippen LogP contribution in [-0.2, 0) is 9.31 Å². The fraction of sp³-hybridized carbons (Fsp3) is 0.500. The van der Waals surface area contributed by atoms with Gasteiger partial charge in [0.25, 0.3) is 0 Å². The molecule has 100 valence electrons. The number of aromatic nitrogens is 3. The molecular weight excluding hydrogens is 248 g/mol. The minimum absolute atomic E-state index is 0.378. The molecule has 1 saturated heterocycles. The quantitative estimate of drug-likeness (QED) is 0.724. The van der Waals surface area contributed by atoms with Crippen molar-refractivity contribution in [2.24, 2.45) is 0 Å². The molecule has 0 saturated carbocycles. The van der Waals surface area contributed by atoms with Crippen LogP contribution in [0.3, 0.4) is 0 Å². The van der Waals surface area contributed by atoms with Crippen LogP contribution in [0.15, 0.2) is 18.6 Å². The first kappa shape index (κ1) is 12.6. The van der Waals surface area contributed by atoms with Gasteiger partial charge in [-0.3, -0.25) is 4.40 Å². The molecule has 3 heterocycles. The zero-order valence-electron chi connectivity index (χ0n) is 11.3. The van der Waals surface area contributed by atoms with Gasteiger partial charge in [0.2, 0.25) is 0 Å². The first-order chi connectivity index (χ1) is 8.80. The summed E-state index contributed by atoms with van der Waals surface area (Å²) in [7, 11) is -0.646. The van der Waals surface area contributed by atoms with Gasteiger partial charge in [0.15, 0.2) is 5.65 Å². The van der Waals surface area contributed by atoms with E-state index in [0.29, 0.717) is 11.1 Å². The minimum Gasteiger partial charge on any atom is -0.399 e. The summed E-state index contributed by atoms with van der Waals surface area (Å²) < 4.78 is 27.0. The lowest BCUT2D eigenvalue weighted by Crippen LogP contribution is -2.41. The number of nitrogens with zero attached hydrogens (tertiary/aromatic N) is 3. The van der Waals surface area contributed by atoms with E-state index in [2.05, 4.69) is 10.2 Å². The molecule has 1 fully saturated rings. The van der Waals surface area contributed by atoms with E-state index >= 15 is 0 Å². The molecule has 0 amide bonds. The molecule has 0 radical (unpaired) electrons. The van der Waals surface area contributed by atoms with Crippen LogP contribution in [0.5, 0.6) is 0 Å². The highest BCUT2D eigenvalue weighted by Gasteiger charge is 2.52. The van der Waals surface area contributed by atoms with E-state index in [-0.39, 0.29) is 5.82 Å². The van der Waals surface area contributed by atoms with Gasteiger partial charge in [-0.05, 0) is 33.8 Å². The maximum Gasteiger partial charge on any atom is 0.498 e. The number of fused-ring (bicyclic) bond motifs is 1. The normalized spacial score (nSPS) is 21.2. The third-order valence-electron chi connectivity index (χ3n) is 3.89. The highest BCUT2D eigenvalue weighted by Crippen LogP contribution is 2.36. The molecule has 2 aromatic rings. The summed E-state index contributed by atoms with van der Waals surface area (Å²) in [6.45, 7) is 7.81. The summed E-state index contributed by atoms with van der Waals surface area (Å²) in [6.07, 6.45) is 2.78. The van der Waals surface area contributed by atoms with Crippen molar-refractivity contribution in [3.8, 4) is 0 Å². The average Bonchev–Trinajstić information content (AvgIpc) is 2.80. The largest absolute Gasteiger partial charge is 0.498 e. The Morgan fingerprint density at radius 2 is 1.84 bits per heavy atom. The van der Waals surface area contributed by atoms with Crippen LogP contribution in [0.1, 0.15) is 27.7 Å². The molecule has 0 atom stereocenters. The zero-order chi connectivity index (χ0) is 13.8. The van der Waals surface area contributed by atoms with E-state index in [1.54, 1.807) is 0 Å². The molecule has 2 aromatic heterocycles. The van der Waals surface area contributed by atoms with E-state index in [0.717, 1.165) is 0 Å². The molecule has 19 heavy (non-hydrogen) atoms. The lowest BCUT2D eigenvalue weighted by Gasteiger charge is -2.32. The van der Waals surface area contributed by atoms with Gasteiger partial charge in [-0.1, -0.05) is 0 Å². The summed E-state index contributed by atoms with van der Waals surface area (Å²) in [4.78, 5) is 0. The first-order valence-electron chi connectivity index (χ1n) is 6.15. The Morgan fingerprint density at radius 1 is 1.21 bits per heavy atom. The Kier molecular flexibility index (Phi) is 2.49. The van der Waals surface area contributed by atoms with E-state index in [1.165, 1.54) is 23.0 Å². The molecule has 0 bridgehead atoms. The van der Waals surface area contributed by atoms with Gasteiger partial charge in [0.1, 0.15) is 12.1 Å². The van der Waals surface area contributed by atoms with Crippen LogP contribution >= 0.6 is 0 Å². The summed E-state index contributed by atoms with van der Waals surface area (Å²) >= 11 is 0. The zero-order valence-corrected chi connectivity index (χ0v) is 11.3. The molecular formula is C12H15BFN3O2. The Hall–Kier alpha value is -1.47. The number of halogens is 1. The fourth-order valence-corrected chi connectivity index (χ4v) is 2.07. The van der Waals surface area contributed by atoms with E-state index in [1.807, 2.05) is 27.7 Å². The van der Waals surface area contributed by atoms with E-state index in [9.17, 15) is 4.39 Å². The highest BCUT2D eigenvalue weighted by atomic mass is 19.1. The van der Waals surface area contributed by atoms with Crippen LogP contribution in [-0.4, -0.2) is 32.9 Å². The van der Waals surface area contributed by atoms with Gasteiger partial charge in [0, 0.05) is 11.7 Å². The SMILES string of the molecule is CC1(C)OB(c2cc(F)cn3cnnc23)OC1(C)C. The van der Waals surface area contributed by atoms with Crippen molar-refractivity contribution in [2.75, 3.05) is 0 Å². The highest BCUT2D eigenvalue weighted by molar-refractivity contribution is 6.64. The molecule has 0 spiro atoms. The van der Waals surface area contributed by atoms with Crippen molar-refractivity contribution in [3.05, 3.63) is 24.4 Å². The predicted octanol–water partition coefficient (Wildman–Crippen LogP) is 1.17. The minimum atomic E-state index is -0.646. The topological polar surface area (TPSA) is 48.7 Å². The van der Waals surface area contributed by atoms with Crippen molar-refractivity contribution in [2.45, 2.75) is 38.9 Å². The van der Waals surface area contributed by atoms with Crippen molar-refractivity contribution in [1.29, 1.82) is 0 Å². The molecule has 7 heteroatoms. The molecule has 1 aliphatic rings. The first-order valence-corrected chi connectivity index (χ1v) is 6.15. The lowest BCUT2D eigenvalue weighted by atomic mass is 9.79. The van der Waals surface area contributed by atoms with Gasteiger partial charge in [-0.25, -0.2) is 4.39 Å². The number of hydrogen-bond acceptors (Lipinski definition) is 4. The molecule has 3 rings (SSSR count). The second kappa shape index (κ2) is 3.77. The smallest absolute Gasteiger partial charge is 0.399 e. The van der Waals surface area contributed by atoms with Crippen LogP contribution in [0.25, 0.3) is 5.65 Å². The average molecular weight is 263 g/mol. The number of hydrogen-bond donors (Lipinski definition) is 0. The summed E-state index contributed by atoms with van der Waals surface area (Å²) in [6, 6.07) is 1.38. The Labute approximate surface area is 110 Å². The maximum absolute atomic E-state index is 13.6. The molecule has 0 unspecified atom stereocenters. The summed E-state index contributed by atoms with van der Waals surface area (Å²) in [5.41, 5.74) is 0.151. The van der Waals surface area contributed by atoms with Crippen LogP contribution in [0.4, 0.5) is 4.39 Å². The Morgan fingerprint density at radius 3 is 2.47 bits per heavy atom. The molecule has 0 aliphatic carbocycles. The summed E-state index contributed by atoms with van der Waals surface area (Å²) in [5, 5.41) is 7.77. The fourth-order valence-electron chi connectivity index (χ4n) is 2.07. The van der Waals surface area contributed by atoms with Gasteiger partial charge in [-0.2, -0.15) is 0 Å². The maximum atomic E-state index is 13.6. The van der Waals surface area contributed by atoms with Gasteiger partial charge >= 0.3 is 7.12 Å². The number of pyridine rings is 1. The molecule has 5 nitrogen and oxygen atoms in total. The third-order valence-corrected chi connectivity index (χ3v) is 3.89. The van der Waals surface area contributed by atoms with E-state index in [4.69, 9.17) is 9.31 Å². The van der Waals surface area contributed by atoms with Gasteiger partial charge in [-0.15, -0.1) is 10.2 Å². The molecule has 0 aromatic carbocycles. The monoisotopic (exact) mass is 263 g/mol. The van der Waals surface area contributed by atoms with Crippen molar-refractivity contribution < 1.29 is 13.7 Å². The second-order valence-electron chi connectivity index (χ2n) is 5.76. The van der Waals surface area contributed by atoms with Crippen molar-refractivity contribution >= 4 is 18.2 Å². The Balaban J connectivity index is 2.09. The Bertz CT molecular complexity index is 625. The standard InChI is InChI=1S/C12H15BFN3O2/c1-11(2)12(3,4)19-13(18-11)9-5-8(14)6-17-7-15-16-10(9)17/h5-7H,1-4H3. The van der Waals surface area contributed by atoms with Crippen LogP contribution in [0.2, 0.25) is 0 Å². The van der Waals surface area contributed by atoms with Gasteiger partial charge < -0.3 is 9.31 Å². The third kappa shape index (κ3) is 1.84. The predicted molar refractivity (Wildman–Crippen MR) is 68.7 cm³/mol. The molecule has 1 aliphatic heterocycles. The molecule has 0 N–H and O–H groups in total. The second-order valence-corrected chi connectivity index (χ2v) is 5.76. The van der Waals surface area contributed by atoms with Crippen LogP contribution < -0.4 is 5.46 Å². The number of rotatable bonds is 1. The lowest BCUT2D eigenvalue weighted by molar-refractivity contribution is 0.00578. The van der Waals surface area contributed by atoms with Crippen LogP contribution in [0, 0.1) is 5.82 Å². The van der Waals surface area contributed by atoms with Crippen molar-refractivity contribution in [1.82, 2.24) is 14.6 Å². The van der Waals surface area contributed by atoms with Gasteiger partial charge in [0.05, 0.1) is 11.2 Å².